The monoisotopic (exact) mass is 468 g/mol. The molecule has 0 bridgehead atoms. The molecule has 0 radical (unpaired) electrons. The molecule has 33 heavy (non-hydrogen) atoms. The Bertz CT molecular complexity index is 1240. The van der Waals surface area contributed by atoms with Gasteiger partial charge in [0.1, 0.15) is 6.54 Å². The number of carbonyl (C=O) groups excluding carboxylic acids is 1. The molecule has 1 atom stereocenters. The van der Waals surface area contributed by atoms with Gasteiger partial charge in [0.05, 0.1) is 17.6 Å². The van der Waals surface area contributed by atoms with Crippen LogP contribution in [-0.2, 0) is 17.9 Å². The number of nitrogens with zero attached hydrogens (tertiary/aromatic N) is 3. The molecule has 0 saturated carbocycles. The zero-order chi connectivity index (χ0) is 23.4. The Hall–Kier alpha value is -2.90. The van der Waals surface area contributed by atoms with Gasteiger partial charge in [-0.2, -0.15) is 0 Å². The number of para-hydroxylation sites is 2. The molecule has 0 unspecified atom stereocenters. The topological polar surface area (TPSA) is 76.3 Å². The second-order valence-electron chi connectivity index (χ2n) is 8.63. The third-order valence-corrected chi connectivity index (χ3v) is 6.59. The molecule has 1 aliphatic heterocycles. The van der Waals surface area contributed by atoms with E-state index < -0.39 is 11.1 Å². The van der Waals surface area contributed by atoms with Crippen molar-refractivity contribution < 1.29 is 4.79 Å². The van der Waals surface area contributed by atoms with Gasteiger partial charge in [0.15, 0.2) is 0 Å². The van der Waals surface area contributed by atoms with Crippen molar-refractivity contribution in [3.8, 4) is 0 Å². The first kappa shape index (κ1) is 23.3. The Morgan fingerprint density at radius 3 is 2.24 bits per heavy atom. The van der Waals surface area contributed by atoms with E-state index in [1.165, 1.54) is 22.0 Å². The number of nitrogens with one attached hydrogen (secondary N) is 1. The zero-order valence-corrected chi connectivity index (χ0v) is 19.6. The van der Waals surface area contributed by atoms with E-state index in [0.29, 0.717) is 28.6 Å². The highest BCUT2D eigenvalue weighted by Crippen LogP contribution is 2.15. The molecule has 0 aliphatic carbocycles. The lowest BCUT2D eigenvalue weighted by Gasteiger charge is -2.23. The van der Waals surface area contributed by atoms with Crippen LogP contribution in [0.5, 0.6) is 0 Å². The maximum Gasteiger partial charge on any atom is 0.317 e. The van der Waals surface area contributed by atoms with Gasteiger partial charge in [-0.1, -0.05) is 35.9 Å². The number of halogens is 1. The summed E-state index contributed by atoms with van der Waals surface area (Å²) in [6, 6.07) is 14.7. The molecule has 7 nitrogen and oxygen atoms in total. The summed E-state index contributed by atoms with van der Waals surface area (Å²) in [5, 5.41) is 3.51. The molecule has 174 valence electrons. The molecule has 2 aromatic carbocycles. The first-order valence-electron chi connectivity index (χ1n) is 11.4. The maximum atomic E-state index is 13.0. The summed E-state index contributed by atoms with van der Waals surface area (Å²) in [5.41, 5.74) is 0.653. The highest BCUT2D eigenvalue weighted by molar-refractivity contribution is 6.30. The highest BCUT2D eigenvalue weighted by atomic mass is 35.5. The van der Waals surface area contributed by atoms with Crippen molar-refractivity contribution in [2.45, 2.75) is 45.3 Å². The molecule has 4 rings (SSSR count). The van der Waals surface area contributed by atoms with Crippen LogP contribution < -0.4 is 16.4 Å². The van der Waals surface area contributed by atoms with Crippen LogP contribution >= 0.6 is 11.6 Å². The smallest absolute Gasteiger partial charge is 0.317 e. The van der Waals surface area contributed by atoms with E-state index in [4.69, 9.17) is 11.6 Å². The molecular formula is C25H29ClN4O3. The number of benzene rings is 2. The molecular weight excluding hydrogens is 440 g/mol. The van der Waals surface area contributed by atoms with Gasteiger partial charge in [0.2, 0.25) is 5.91 Å². The molecule has 1 saturated heterocycles. The number of likely N-dealkylation sites (tertiary alicyclic amines) is 1. The standard InChI is InChI=1S/C25H29ClN4O3/c1-18(28-14-4-5-15-28)12-13-27-23(31)17-30-22-7-3-2-6-21(22)29(24(32)25(30)33)16-19-8-10-20(26)11-9-19/h2-3,6-11,18H,4-5,12-17H2,1H3,(H,27,31)/t18-/m1/s1. The fraction of sp³-hybridized carbons (Fsp3) is 0.400. The Morgan fingerprint density at radius 2 is 1.58 bits per heavy atom. The van der Waals surface area contributed by atoms with Gasteiger partial charge in [0, 0.05) is 17.6 Å². The summed E-state index contributed by atoms with van der Waals surface area (Å²) in [4.78, 5) is 41.0. The van der Waals surface area contributed by atoms with Crippen LogP contribution in [0, 0.1) is 0 Å². The fourth-order valence-corrected chi connectivity index (χ4v) is 4.57. The van der Waals surface area contributed by atoms with E-state index in [0.717, 1.165) is 25.1 Å². The minimum Gasteiger partial charge on any atom is -0.354 e. The molecule has 1 aromatic heterocycles. The number of fused-ring (bicyclic) bond motifs is 1. The van der Waals surface area contributed by atoms with Crippen molar-refractivity contribution in [1.29, 1.82) is 0 Å². The summed E-state index contributed by atoms with van der Waals surface area (Å²) in [7, 11) is 0. The van der Waals surface area contributed by atoms with Gasteiger partial charge >= 0.3 is 11.1 Å². The molecule has 1 fully saturated rings. The molecule has 0 spiro atoms. The van der Waals surface area contributed by atoms with Gasteiger partial charge in [-0.25, -0.2) is 0 Å². The van der Waals surface area contributed by atoms with E-state index in [-0.39, 0.29) is 19.0 Å². The summed E-state index contributed by atoms with van der Waals surface area (Å²) < 4.78 is 2.72. The lowest BCUT2D eigenvalue weighted by Crippen LogP contribution is -2.44. The lowest BCUT2D eigenvalue weighted by atomic mass is 10.2. The number of aromatic nitrogens is 2. The lowest BCUT2D eigenvalue weighted by molar-refractivity contribution is -0.121. The molecule has 1 N–H and O–H groups in total. The van der Waals surface area contributed by atoms with Crippen LogP contribution in [0.3, 0.4) is 0 Å². The Morgan fingerprint density at radius 1 is 0.970 bits per heavy atom. The van der Waals surface area contributed by atoms with Crippen LogP contribution in [0.15, 0.2) is 58.1 Å². The van der Waals surface area contributed by atoms with Gasteiger partial charge < -0.3 is 10.2 Å². The first-order valence-corrected chi connectivity index (χ1v) is 11.8. The SMILES string of the molecule is C[C@H](CCNC(=O)Cn1c(=O)c(=O)n(Cc2ccc(Cl)cc2)c2ccccc21)N1CCCC1. The van der Waals surface area contributed by atoms with Crippen molar-refractivity contribution in [3.63, 3.8) is 0 Å². The van der Waals surface area contributed by atoms with Crippen molar-refractivity contribution in [3.05, 3.63) is 79.8 Å². The highest BCUT2D eigenvalue weighted by Gasteiger charge is 2.19. The number of rotatable bonds is 8. The van der Waals surface area contributed by atoms with Gasteiger partial charge in [-0.3, -0.25) is 23.5 Å². The molecule has 8 heteroatoms. The average Bonchev–Trinajstić information content (AvgIpc) is 3.36. The number of hydrogen-bond donors (Lipinski definition) is 1. The average molecular weight is 469 g/mol. The predicted octanol–water partition coefficient (Wildman–Crippen LogP) is 2.86. The largest absolute Gasteiger partial charge is 0.354 e. The Labute approximate surface area is 197 Å². The fourth-order valence-electron chi connectivity index (χ4n) is 4.44. The molecule has 3 aromatic rings. The zero-order valence-electron chi connectivity index (χ0n) is 18.8. The number of carbonyl (C=O) groups is 1. The van der Waals surface area contributed by atoms with Crippen LogP contribution in [-0.4, -0.2) is 45.6 Å². The molecule has 1 aliphatic rings. The summed E-state index contributed by atoms with van der Waals surface area (Å²) in [5.74, 6) is -0.272. The van der Waals surface area contributed by atoms with Crippen molar-refractivity contribution in [2.75, 3.05) is 19.6 Å². The van der Waals surface area contributed by atoms with Gasteiger partial charge in [0.25, 0.3) is 0 Å². The maximum absolute atomic E-state index is 13.0. The van der Waals surface area contributed by atoms with Gasteiger partial charge in [-0.05, 0) is 69.1 Å². The van der Waals surface area contributed by atoms with E-state index in [1.54, 1.807) is 30.3 Å². The Kier molecular flexibility index (Phi) is 7.30. The molecule has 1 amide bonds. The molecule has 2 heterocycles. The second kappa shape index (κ2) is 10.4. The Balaban J connectivity index is 1.52. The van der Waals surface area contributed by atoms with E-state index >= 15 is 0 Å². The van der Waals surface area contributed by atoms with E-state index in [1.807, 2.05) is 18.2 Å². The van der Waals surface area contributed by atoms with Crippen LogP contribution in [0.2, 0.25) is 5.02 Å². The van der Waals surface area contributed by atoms with Crippen molar-refractivity contribution >= 4 is 28.5 Å². The summed E-state index contributed by atoms with van der Waals surface area (Å²) in [6.45, 7) is 5.00. The predicted molar refractivity (Wildman–Crippen MR) is 131 cm³/mol. The minimum absolute atomic E-state index is 0.186. The minimum atomic E-state index is -0.705. The van der Waals surface area contributed by atoms with Gasteiger partial charge in [-0.15, -0.1) is 0 Å². The van der Waals surface area contributed by atoms with Crippen molar-refractivity contribution in [2.24, 2.45) is 0 Å². The first-order chi connectivity index (χ1) is 15.9. The quantitative estimate of drug-likeness (QED) is 0.516. The third kappa shape index (κ3) is 5.37. The number of amides is 1. The van der Waals surface area contributed by atoms with E-state index in [9.17, 15) is 14.4 Å². The summed E-state index contributed by atoms with van der Waals surface area (Å²) >= 11 is 5.96. The van der Waals surface area contributed by atoms with Crippen LogP contribution in [0.25, 0.3) is 11.0 Å². The van der Waals surface area contributed by atoms with E-state index in [2.05, 4.69) is 17.1 Å². The van der Waals surface area contributed by atoms with Crippen molar-refractivity contribution in [1.82, 2.24) is 19.4 Å². The van der Waals surface area contributed by atoms with Crippen LogP contribution in [0.1, 0.15) is 31.7 Å². The van der Waals surface area contributed by atoms with Crippen LogP contribution in [0.4, 0.5) is 0 Å². The second-order valence-corrected chi connectivity index (χ2v) is 9.06. The third-order valence-electron chi connectivity index (χ3n) is 6.34. The number of hydrogen-bond acceptors (Lipinski definition) is 4. The normalized spacial score (nSPS) is 15.1. The summed E-state index contributed by atoms with van der Waals surface area (Å²) in [6.07, 6.45) is 3.32.